The van der Waals surface area contributed by atoms with Gasteiger partial charge in [-0.05, 0) is 32.2 Å². The standard InChI is InChI=1S/C18H33N3O/c1-6-10-21(11-7-2)17(14(3)4)13-20-18(22)16-8-9-19-15(5)12-16/h6-7,14-17,19H,1-2,8-13H2,3-5H3,(H,20,22)/t15-,16-,17?/m0/s1. The molecule has 4 nitrogen and oxygen atoms in total. The molecule has 1 unspecified atom stereocenters. The highest BCUT2D eigenvalue weighted by Crippen LogP contribution is 2.17. The molecule has 1 fully saturated rings. The van der Waals surface area contributed by atoms with Gasteiger partial charge in [0.15, 0.2) is 0 Å². The van der Waals surface area contributed by atoms with Crippen LogP contribution in [-0.2, 0) is 4.79 Å². The smallest absolute Gasteiger partial charge is 0.223 e. The molecule has 4 heteroatoms. The first kappa shape index (κ1) is 18.9. The van der Waals surface area contributed by atoms with Gasteiger partial charge >= 0.3 is 0 Å². The number of carbonyl (C=O) groups excluding carboxylic acids is 1. The Morgan fingerprint density at radius 3 is 2.50 bits per heavy atom. The number of rotatable bonds is 9. The number of nitrogens with one attached hydrogen (secondary N) is 2. The second kappa shape index (κ2) is 9.80. The summed E-state index contributed by atoms with van der Waals surface area (Å²) < 4.78 is 0. The van der Waals surface area contributed by atoms with Crippen LogP contribution in [0, 0.1) is 11.8 Å². The van der Waals surface area contributed by atoms with E-state index in [1.165, 1.54) is 0 Å². The summed E-state index contributed by atoms with van der Waals surface area (Å²) in [5, 5.41) is 6.57. The summed E-state index contributed by atoms with van der Waals surface area (Å²) in [5.74, 6) is 0.819. The lowest BCUT2D eigenvalue weighted by molar-refractivity contribution is -0.126. The van der Waals surface area contributed by atoms with Crippen LogP contribution >= 0.6 is 0 Å². The topological polar surface area (TPSA) is 44.4 Å². The summed E-state index contributed by atoms with van der Waals surface area (Å²) in [6, 6.07) is 0.738. The van der Waals surface area contributed by atoms with Crippen LogP contribution < -0.4 is 10.6 Å². The molecule has 1 heterocycles. The highest BCUT2D eigenvalue weighted by atomic mass is 16.1. The van der Waals surface area contributed by atoms with Crippen molar-refractivity contribution >= 4 is 5.91 Å². The molecule has 1 aliphatic heterocycles. The minimum atomic E-state index is 0.149. The van der Waals surface area contributed by atoms with Gasteiger partial charge < -0.3 is 10.6 Å². The van der Waals surface area contributed by atoms with E-state index in [9.17, 15) is 4.79 Å². The summed E-state index contributed by atoms with van der Waals surface area (Å²) in [4.78, 5) is 14.7. The zero-order valence-electron chi connectivity index (χ0n) is 14.5. The van der Waals surface area contributed by atoms with Crippen LogP contribution in [0.15, 0.2) is 25.3 Å². The molecule has 126 valence electrons. The zero-order chi connectivity index (χ0) is 16.5. The summed E-state index contributed by atoms with van der Waals surface area (Å²) in [6.07, 6.45) is 5.69. The lowest BCUT2D eigenvalue weighted by Gasteiger charge is -2.34. The Bertz CT molecular complexity index is 357. The van der Waals surface area contributed by atoms with Crippen LogP contribution in [0.2, 0.25) is 0 Å². The average molecular weight is 307 g/mol. The quantitative estimate of drug-likeness (QED) is 0.642. The van der Waals surface area contributed by atoms with Crippen LogP contribution in [-0.4, -0.2) is 49.1 Å². The molecule has 1 rings (SSSR count). The second-order valence-corrected chi connectivity index (χ2v) is 6.66. The van der Waals surface area contributed by atoms with Crippen molar-refractivity contribution in [2.24, 2.45) is 11.8 Å². The van der Waals surface area contributed by atoms with Gasteiger partial charge in [-0.3, -0.25) is 9.69 Å². The predicted molar refractivity (Wildman–Crippen MR) is 93.8 cm³/mol. The summed E-state index contributed by atoms with van der Waals surface area (Å²) in [6.45, 7) is 17.5. The molecule has 0 spiro atoms. The van der Waals surface area contributed by atoms with Gasteiger partial charge in [-0.1, -0.05) is 26.0 Å². The van der Waals surface area contributed by atoms with Gasteiger partial charge in [-0.15, -0.1) is 13.2 Å². The Morgan fingerprint density at radius 2 is 2.00 bits per heavy atom. The Morgan fingerprint density at radius 1 is 1.36 bits per heavy atom. The molecule has 2 N–H and O–H groups in total. The van der Waals surface area contributed by atoms with Gasteiger partial charge in [0, 0.05) is 37.6 Å². The van der Waals surface area contributed by atoms with Crippen LogP contribution in [0.5, 0.6) is 0 Å². The zero-order valence-corrected chi connectivity index (χ0v) is 14.5. The lowest BCUT2D eigenvalue weighted by atomic mass is 9.92. The fourth-order valence-corrected chi connectivity index (χ4v) is 3.18. The van der Waals surface area contributed by atoms with Crippen molar-refractivity contribution in [3.05, 3.63) is 25.3 Å². The minimum absolute atomic E-state index is 0.149. The van der Waals surface area contributed by atoms with Gasteiger partial charge in [0.1, 0.15) is 0 Å². The Kier molecular flexibility index (Phi) is 8.43. The van der Waals surface area contributed by atoms with Gasteiger partial charge in [0.2, 0.25) is 5.91 Å². The van der Waals surface area contributed by atoms with Crippen LogP contribution in [0.25, 0.3) is 0 Å². The fraction of sp³-hybridized carbons (Fsp3) is 0.722. The lowest BCUT2D eigenvalue weighted by Crippen LogP contribution is -2.49. The molecule has 0 aromatic rings. The molecule has 0 aliphatic carbocycles. The molecule has 1 amide bonds. The molecule has 1 saturated heterocycles. The van der Waals surface area contributed by atoms with Crippen LogP contribution in [0.3, 0.4) is 0 Å². The molecule has 0 bridgehead atoms. The maximum atomic E-state index is 12.4. The third kappa shape index (κ3) is 5.93. The van der Waals surface area contributed by atoms with Crippen LogP contribution in [0.4, 0.5) is 0 Å². The molecule has 0 aromatic heterocycles. The van der Waals surface area contributed by atoms with E-state index in [0.29, 0.717) is 24.5 Å². The van der Waals surface area contributed by atoms with Crippen molar-refractivity contribution in [3.8, 4) is 0 Å². The predicted octanol–water partition coefficient (Wildman–Crippen LogP) is 2.19. The molecule has 1 aliphatic rings. The van der Waals surface area contributed by atoms with E-state index < -0.39 is 0 Å². The first-order valence-electron chi connectivity index (χ1n) is 8.46. The Labute approximate surface area is 136 Å². The van der Waals surface area contributed by atoms with Crippen molar-refractivity contribution in [3.63, 3.8) is 0 Å². The molecule has 0 saturated carbocycles. The molecular formula is C18H33N3O. The van der Waals surface area contributed by atoms with E-state index in [-0.39, 0.29) is 11.8 Å². The first-order valence-corrected chi connectivity index (χ1v) is 8.46. The van der Waals surface area contributed by atoms with Gasteiger partial charge in [-0.25, -0.2) is 0 Å². The summed E-state index contributed by atoms with van der Waals surface area (Å²) >= 11 is 0. The highest BCUT2D eigenvalue weighted by Gasteiger charge is 2.26. The number of piperidine rings is 1. The molecule has 3 atom stereocenters. The summed E-state index contributed by atoms with van der Waals surface area (Å²) in [7, 11) is 0. The highest BCUT2D eigenvalue weighted by molar-refractivity contribution is 5.78. The molecule has 22 heavy (non-hydrogen) atoms. The van der Waals surface area contributed by atoms with Gasteiger partial charge in [0.05, 0.1) is 0 Å². The Balaban J connectivity index is 2.57. The number of hydrogen-bond acceptors (Lipinski definition) is 3. The third-order valence-corrected chi connectivity index (χ3v) is 4.45. The van der Waals surface area contributed by atoms with E-state index in [2.05, 4.69) is 49.5 Å². The average Bonchev–Trinajstić information content (AvgIpc) is 2.47. The normalized spacial score (nSPS) is 23.3. The molecular weight excluding hydrogens is 274 g/mol. The van der Waals surface area contributed by atoms with Gasteiger partial charge in [0.25, 0.3) is 0 Å². The first-order chi connectivity index (χ1) is 10.5. The van der Waals surface area contributed by atoms with E-state index >= 15 is 0 Å². The van der Waals surface area contributed by atoms with Crippen molar-refractivity contribution in [2.75, 3.05) is 26.2 Å². The minimum Gasteiger partial charge on any atom is -0.354 e. The van der Waals surface area contributed by atoms with Crippen molar-refractivity contribution in [1.29, 1.82) is 0 Å². The van der Waals surface area contributed by atoms with Gasteiger partial charge in [-0.2, -0.15) is 0 Å². The monoisotopic (exact) mass is 307 g/mol. The number of carbonyl (C=O) groups is 1. The second-order valence-electron chi connectivity index (χ2n) is 6.66. The maximum Gasteiger partial charge on any atom is 0.223 e. The SMILES string of the molecule is C=CCN(CC=C)C(CNC(=O)[C@H]1CCN[C@@H](C)C1)C(C)C. The summed E-state index contributed by atoms with van der Waals surface area (Å²) in [5.41, 5.74) is 0. The van der Waals surface area contributed by atoms with E-state index in [1.807, 2.05) is 12.2 Å². The van der Waals surface area contributed by atoms with Crippen LogP contribution in [0.1, 0.15) is 33.6 Å². The number of amides is 1. The van der Waals surface area contributed by atoms with E-state index in [4.69, 9.17) is 0 Å². The van der Waals surface area contributed by atoms with E-state index in [0.717, 1.165) is 32.5 Å². The van der Waals surface area contributed by atoms with Crippen molar-refractivity contribution in [2.45, 2.75) is 45.7 Å². The largest absolute Gasteiger partial charge is 0.354 e. The number of hydrogen-bond donors (Lipinski definition) is 2. The van der Waals surface area contributed by atoms with E-state index in [1.54, 1.807) is 0 Å². The van der Waals surface area contributed by atoms with Crippen molar-refractivity contribution in [1.82, 2.24) is 15.5 Å². The fourth-order valence-electron chi connectivity index (χ4n) is 3.18. The molecule has 0 radical (unpaired) electrons. The Hall–Kier alpha value is -1.13. The number of nitrogens with zero attached hydrogens (tertiary/aromatic N) is 1. The maximum absolute atomic E-state index is 12.4. The van der Waals surface area contributed by atoms with Crippen molar-refractivity contribution < 1.29 is 4.79 Å². The molecule has 0 aromatic carbocycles. The third-order valence-electron chi connectivity index (χ3n) is 4.45.